The Balaban J connectivity index is 1.92. The Morgan fingerprint density at radius 1 is 1.53 bits per heavy atom. The van der Waals surface area contributed by atoms with Crippen LogP contribution in [-0.4, -0.2) is 48.2 Å². The summed E-state index contributed by atoms with van der Waals surface area (Å²) in [5.74, 6) is 0.0472. The number of β-amino-alcohol motifs (C(OH)–C–C–N with tert-alkyl or cyclic N) is 1. The van der Waals surface area contributed by atoms with Gasteiger partial charge >= 0.3 is 0 Å². The number of amides is 1. The minimum absolute atomic E-state index is 0.0472. The lowest BCUT2D eigenvalue weighted by molar-refractivity contribution is -0.132. The Hall–Kier alpha value is -1.39. The Kier molecular flexibility index (Phi) is 4.22. The van der Waals surface area contributed by atoms with Crippen LogP contribution in [-0.2, 0) is 11.2 Å². The number of aliphatic hydroxyl groups is 1. The van der Waals surface area contributed by atoms with E-state index in [1.54, 1.807) is 11.9 Å². The Morgan fingerprint density at radius 2 is 2.32 bits per heavy atom. The van der Waals surface area contributed by atoms with Gasteiger partial charge < -0.3 is 15.3 Å². The third kappa shape index (κ3) is 3.78. The van der Waals surface area contributed by atoms with Gasteiger partial charge in [0.1, 0.15) is 0 Å². The Labute approximate surface area is 114 Å². The van der Waals surface area contributed by atoms with Crippen molar-refractivity contribution in [1.29, 1.82) is 0 Å². The van der Waals surface area contributed by atoms with Gasteiger partial charge in [-0.2, -0.15) is 0 Å². The molecule has 1 aliphatic rings. The molecule has 2 rings (SSSR count). The molecule has 0 radical (unpaired) electrons. The summed E-state index contributed by atoms with van der Waals surface area (Å²) in [7, 11) is 1.76. The van der Waals surface area contributed by atoms with Crippen LogP contribution in [0.1, 0.15) is 17.5 Å². The molecule has 0 aromatic heterocycles. The standard InChI is InChI=1S/C15H22N2O2/c1-12-4-3-5-13(8-12)9-14(18)17(2)11-15(19)6-7-16-10-15/h3-5,8,16,19H,6-7,9-11H2,1-2H3. The van der Waals surface area contributed by atoms with Crippen molar-refractivity contribution < 1.29 is 9.90 Å². The number of nitrogens with zero attached hydrogens (tertiary/aromatic N) is 1. The molecule has 0 bridgehead atoms. The number of nitrogens with one attached hydrogen (secondary N) is 1. The number of carbonyl (C=O) groups excluding carboxylic acids is 1. The SMILES string of the molecule is Cc1cccc(CC(=O)N(C)CC2(O)CCNC2)c1. The van der Waals surface area contributed by atoms with Crippen molar-refractivity contribution in [3.63, 3.8) is 0 Å². The van der Waals surface area contributed by atoms with E-state index in [2.05, 4.69) is 5.32 Å². The maximum atomic E-state index is 12.1. The molecule has 4 heteroatoms. The summed E-state index contributed by atoms with van der Waals surface area (Å²) in [6.45, 7) is 3.79. The normalized spacial score (nSPS) is 22.5. The first-order chi connectivity index (χ1) is 8.98. The fraction of sp³-hybridized carbons (Fsp3) is 0.533. The smallest absolute Gasteiger partial charge is 0.226 e. The fourth-order valence-electron chi connectivity index (χ4n) is 2.53. The van der Waals surface area contributed by atoms with Crippen molar-refractivity contribution in [2.45, 2.75) is 25.4 Å². The summed E-state index contributed by atoms with van der Waals surface area (Å²) in [6.07, 6.45) is 1.09. The fourth-order valence-corrected chi connectivity index (χ4v) is 2.53. The summed E-state index contributed by atoms with van der Waals surface area (Å²) < 4.78 is 0. The van der Waals surface area contributed by atoms with Gasteiger partial charge in [-0.3, -0.25) is 4.79 Å². The van der Waals surface area contributed by atoms with Gasteiger partial charge in [-0.25, -0.2) is 0 Å². The molecule has 1 aliphatic heterocycles. The largest absolute Gasteiger partial charge is 0.387 e. The summed E-state index contributed by atoms with van der Waals surface area (Å²) in [4.78, 5) is 13.8. The molecule has 1 aromatic carbocycles. The van der Waals surface area contributed by atoms with Crippen LogP contribution in [0.15, 0.2) is 24.3 Å². The molecule has 1 amide bonds. The van der Waals surface area contributed by atoms with E-state index in [9.17, 15) is 9.90 Å². The molecule has 2 N–H and O–H groups in total. The highest BCUT2D eigenvalue weighted by molar-refractivity contribution is 5.78. The second kappa shape index (κ2) is 5.72. The summed E-state index contributed by atoms with van der Waals surface area (Å²) in [5, 5.41) is 13.4. The van der Waals surface area contributed by atoms with Gasteiger partial charge in [0.05, 0.1) is 18.6 Å². The maximum Gasteiger partial charge on any atom is 0.226 e. The van der Waals surface area contributed by atoms with Crippen LogP contribution in [0, 0.1) is 6.92 Å². The van der Waals surface area contributed by atoms with Crippen molar-refractivity contribution in [1.82, 2.24) is 10.2 Å². The summed E-state index contributed by atoms with van der Waals surface area (Å²) in [5.41, 5.74) is 1.41. The van der Waals surface area contributed by atoms with E-state index in [0.29, 0.717) is 25.9 Å². The molecule has 0 aliphatic carbocycles. The van der Waals surface area contributed by atoms with Gasteiger partial charge in [0.2, 0.25) is 5.91 Å². The number of rotatable bonds is 4. The van der Waals surface area contributed by atoms with Gasteiger partial charge in [0.15, 0.2) is 0 Å². The number of hydrogen-bond acceptors (Lipinski definition) is 3. The Bertz CT molecular complexity index is 453. The van der Waals surface area contributed by atoms with Crippen LogP contribution in [0.25, 0.3) is 0 Å². The predicted octanol–water partition coefficient (Wildman–Crippen LogP) is 0.720. The van der Waals surface area contributed by atoms with E-state index in [1.807, 2.05) is 31.2 Å². The number of carbonyl (C=O) groups is 1. The number of hydrogen-bond donors (Lipinski definition) is 2. The quantitative estimate of drug-likeness (QED) is 0.840. The average molecular weight is 262 g/mol. The minimum atomic E-state index is -0.767. The molecular formula is C15H22N2O2. The monoisotopic (exact) mass is 262 g/mol. The molecular weight excluding hydrogens is 240 g/mol. The lowest BCUT2D eigenvalue weighted by Crippen LogP contribution is -2.45. The van der Waals surface area contributed by atoms with Crippen LogP contribution in [0.2, 0.25) is 0 Å². The molecule has 1 aromatic rings. The highest BCUT2D eigenvalue weighted by Crippen LogP contribution is 2.16. The molecule has 1 saturated heterocycles. The van der Waals surface area contributed by atoms with Gasteiger partial charge in [-0.05, 0) is 25.5 Å². The highest BCUT2D eigenvalue weighted by Gasteiger charge is 2.33. The second-order valence-corrected chi connectivity index (χ2v) is 5.57. The molecule has 19 heavy (non-hydrogen) atoms. The first-order valence-electron chi connectivity index (χ1n) is 6.71. The summed E-state index contributed by atoms with van der Waals surface area (Å²) >= 11 is 0. The van der Waals surface area contributed by atoms with E-state index < -0.39 is 5.60 Å². The molecule has 1 unspecified atom stereocenters. The van der Waals surface area contributed by atoms with E-state index in [0.717, 1.165) is 17.7 Å². The number of benzene rings is 1. The molecule has 0 saturated carbocycles. The highest BCUT2D eigenvalue weighted by atomic mass is 16.3. The van der Waals surface area contributed by atoms with E-state index in [4.69, 9.17) is 0 Å². The topological polar surface area (TPSA) is 52.6 Å². The first kappa shape index (κ1) is 14.0. The van der Waals surface area contributed by atoms with Gasteiger partial charge in [-0.15, -0.1) is 0 Å². The molecule has 0 spiro atoms. The molecule has 1 fully saturated rings. The number of aryl methyl sites for hydroxylation is 1. The third-order valence-electron chi connectivity index (χ3n) is 3.62. The molecule has 104 valence electrons. The lowest BCUT2D eigenvalue weighted by atomic mass is 10.0. The first-order valence-corrected chi connectivity index (χ1v) is 6.71. The van der Waals surface area contributed by atoms with Crippen molar-refractivity contribution >= 4 is 5.91 Å². The van der Waals surface area contributed by atoms with E-state index in [1.165, 1.54) is 0 Å². The lowest BCUT2D eigenvalue weighted by Gasteiger charge is -2.28. The maximum absolute atomic E-state index is 12.1. The molecule has 1 atom stereocenters. The molecule has 4 nitrogen and oxygen atoms in total. The van der Waals surface area contributed by atoms with Gasteiger partial charge in [-0.1, -0.05) is 29.8 Å². The third-order valence-corrected chi connectivity index (χ3v) is 3.62. The zero-order valence-corrected chi connectivity index (χ0v) is 11.6. The van der Waals surface area contributed by atoms with Crippen LogP contribution < -0.4 is 5.32 Å². The second-order valence-electron chi connectivity index (χ2n) is 5.57. The summed E-state index contributed by atoms with van der Waals surface area (Å²) in [6, 6.07) is 7.97. The zero-order chi connectivity index (χ0) is 13.9. The van der Waals surface area contributed by atoms with Crippen LogP contribution in [0.3, 0.4) is 0 Å². The molecule has 1 heterocycles. The van der Waals surface area contributed by atoms with Gasteiger partial charge in [0.25, 0.3) is 0 Å². The van der Waals surface area contributed by atoms with Crippen LogP contribution in [0.5, 0.6) is 0 Å². The Morgan fingerprint density at radius 3 is 2.95 bits per heavy atom. The number of likely N-dealkylation sites (N-methyl/N-ethyl adjacent to an activating group) is 1. The van der Waals surface area contributed by atoms with Crippen molar-refractivity contribution in [2.75, 3.05) is 26.7 Å². The average Bonchev–Trinajstić information content (AvgIpc) is 2.75. The van der Waals surface area contributed by atoms with E-state index in [-0.39, 0.29) is 5.91 Å². The van der Waals surface area contributed by atoms with Crippen molar-refractivity contribution in [3.05, 3.63) is 35.4 Å². The van der Waals surface area contributed by atoms with Gasteiger partial charge in [0, 0.05) is 13.6 Å². The van der Waals surface area contributed by atoms with Crippen molar-refractivity contribution in [2.24, 2.45) is 0 Å². The minimum Gasteiger partial charge on any atom is -0.387 e. The van der Waals surface area contributed by atoms with Crippen LogP contribution >= 0.6 is 0 Å². The van der Waals surface area contributed by atoms with Crippen molar-refractivity contribution in [3.8, 4) is 0 Å². The predicted molar refractivity (Wildman–Crippen MR) is 75.0 cm³/mol. The zero-order valence-electron chi connectivity index (χ0n) is 11.6. The van der Waals surface area contributed by atoms with Crippen LogP contribution in [0.4, 0.5) is 0 Å². The van der Waals surface area contributed by atoms with E-state index >= 15 is 0 Å².